The third-order valence-electron chi connectivity index (χ3n) is 2.02. The van der Waals surface area contributed by atoms with E-state index in [0.717, 1.165) is 6.42 Å². The fourth-order valence-electron chi connectivity index (χ4n) is 0.892. The molecule has 0 saturated heterocycles. The second-order valence-corrected chi connectivity index (χ2v) is 2.93. The van der Waals surface area contributed by atoms with Gasteiger partial charge >= 0.3 is 0 Å². The zero-order valence-electron chi connectivity index (χ0n) is 6.42. The Morgan fingerprint density at radius 3 is 2.30 bits per heavy atom. The molecule has 0 N–H and O–H groups in total. The smallest absolute Gasteiger partial charge is 0.178 e. The molecular formula is C9H12O. The number of rotatable bonds is 1. The summed E-state index contributed by atoms with van der Waals surface area (Å²) < 4.78 is 0. The van der Waals surface area contributed by atoms with Gasteiger partial charge in [0, 0.05) is 5.41 Å². The Morgan fingerprint density at radius 2 is 1.90 bits per heavy atom. The van der Waals surface area contributed by atoms with Crippen LogP contribution in [0.1, 0.15) is 20.3 Å². The van der Waals surface area contributed by atoms with E-state index in [1.165, 1.54) is 0 Å². The van der Waals surface area contributed by atoms with Crippen LogP contribution in [0, 0.1) is 5.41 Å². The zero-order chi connectivity index (χ0) is 7.61. The van der Waals surface area contributed by atoms with E-state index in [1.807, 2.05) is 12.2 Å². The molecule has 0 fully saturated rings. The molecule has 0 amide bonds. The topological polar surface area (TPSA) is 17.1 Å². The number of ketones is 1. The predicted octanol–water partition coefficient (Wildman–Crippen LogP) is 2.10. The van der Waals surface area contributed by atoms with Crippen LogP contribution in [0.15, 0.2) is 24.3 Å². The summed E-state index contributed by atoms with van der Waals surface area (Å²) >= 11 is 0. The lowest BCUT2D eigenvalue weighted by Crippen LogP contribution is -2.12. The first-order chi connectivity index (χ1) is 4.66. The van der Waals surface area contributed by atoms with Crippen molar-refractivity contribution in [3.63, 3.8) is 0 Å². The van der Waals surface area contributed by atoms with Crippen LogP contribution in [0.5, 0.6) is 0 Å². The first-order valence-corrected chi connectivity index (χ1v) is 3.59. The maximum atomic E-state index is 10.7. The number of allylic oxidation sites excluding steroid dienone is 4. The Bertz CT molecular complexity index is 183. The van der Waals surface area contributed by atoms with E-state index >= 15 is 0 Å². The van der Waals surface area contributed by atoms with Crippen LogP contribution in [-0.4, -0.2) is 5.78 Å². The van der Waals surface area contributed by atoms with Crippen molar-refractivity contribution < 1.29 is 4.79 Å². The Kier molecular flexibility index (Phi) is 1.75. The van der Waals surface area contributed by atoms with Crippen molar-refractivity contribution in [2.75, 3.05) is 0 Å². The largest absolute Gasteiger partial charge is 0.290 e. The van der Waals surface area contributed by atoms with Gasteiger partial charge in [-0.3, -0.25) is 4.79 Å². The van der Waals surface area contributed by atoms with Crippen LogP contribution in [0.3, 0.4) is 0 Å². The molecule has 10 heavy (non-hydrogen) atoms. The number of hydrogen-bond acceptors (Lipinski definition) is 1. The van der Waals surface area contributed by atoms with Crippen molar-refractivity contribution in [1.82, 2.24) is 0 Å². The summed E-state index contributed by atoms with van der Waals surface area (Å²) in [5.41, 5.74) is 0.119. The van der Waals surface area contributed by atoms with Crippen LogP contribution in [0.25, 0.3) is 0 Å². The molecule has 0 aliphatic heterocycles. The van der Waals surface area contributed by atoms with Crippen molar-refractivity contribution >= 4 is 5.78 Å². The monoisotopic (exact) mass is 136 g/mol. The van der Waals surface area contributed by atoms with Gasteiger partial charge in [0.05, 0.1) is 0 Å². The molecule has 0 saturated carbocycles. The first-order valence-electron chi connectivity index (χ1n) is 3.59. The Balaban J connectivity index is 2.78. The van der Waals surface area contributed by atoms with Gasteiger partial charge in [-0.2, -0.15) is 0 Å². The molecule has 0 aromatic carbocycles. The van der Waals surface area contributed by atoms with Gasteiger partial charge < -0.3 is 0 Å². The fraction of sp³-hybridized carbons (Fsp3) is 0.444. The van der Waals surface area contributed by atoms with E-state index in [0.29, 0.717) is 0 Å². The molecule has 0 unspecified atom stereocenters. The summed E-state index contributed by atoms with van der Waals surface area (Å²) in [6.45, 7) is 4.23. The quantitative estimate of drug-likeness (QED) is 0.539. The molecule has 1 aliphatic rings. The SMILES string of the molecule is CCC1(C)C=CC(=O)C=C1. The highest BCUT2D eigenvalue weighted by atomic mass is 16.1. The van der Waals surface area contributed by atoms with Gasteiger partial charge in [0.1, 0.15) is 0 Å². The van der Waals surface area contributed by atoms with Crippen LogP contribution < -0.4 is 0 Å². The van der Waals surface area contributed by atoms with E-state index in [2.05, 4.69) is 13.8 Å². The van der Waals surface area contributed by atoms with Crippen molar-refractivity contribution in [1.29, 1.82) is 0 Å². The van der Waals surface area contributed by atoms with Gasteiger partial charge in [0.2, 0.25) is 0 Å². The maximum Gasteiger partial charge on any atom is 0.178 e. The summed E-state index contributed by atoms with van der Waals surface area (Å²) in [7, 11) is 0. The molecule has 54 valence electrons. The van der Waals surface area contributed by atoms with Gasteiger partial charge in [-0.05, 0) is 18.6 Å². The molecule has 0 aromatic rings. The highest BCUT2D eigenvalue weighted by molar-refractivity contribution is 6.00. The summed E-state index contributed by atoms with van der Waals surface area (Å²) in [6.07, 6.45) is 8.27. The third-order valence-corrected chi connectivity index (χ3v) is 2.02. The fourth-order valence-corrected chi connectivity index (χ4v) is 0.892. The van der Waals surface area contributed by atoms with Gasteiger partial charge in [0.15, 0.2) is 5.78 Å². The van der Waals surface area contributed by atoms with Gasteiger partial charge in [-0.25, -0.2) is 0 Å². The average molecular weight is 136 g/mol. The van der Waals surface area contributed by atoms with E-state index in [1.54, 1.807) is 12.2 Å². The number of carbonyl (C=O) groups excluding carboxylic acids is 1. The number of carbonyl (C=O) groups is 1. The van der Waals surface area contributed by atoms with Crippen LogP contribution >= 0.6 is 0 Å². The second-order valence-electron chi connectivity index (χ2n) is 2.93. The predicted molar refractivity (Wildman–Crippen MR) is 41.7 cm³/mol. The lowest BCUT2D eigenvalue weighted by Gasteiger charge is -2.20. The molecular weight excluding hydrogens is 124 g/mol. The lowest BCUT2D eigenvalue weighted by molar-refractivity contribution is -0.110. The van der Waals surface area contributed by atoms with Crippen molar-refractivity contribution in [3.05, 3.63) is 24.3 Å². The summed E-state index contributed by atoms with van der Waals surface area (Å²) in [5, 5.41) is 0. The van der Waals surface area contributed by atoms with Crippen LogP contribution in [0.2, 0.25) is 0 Å². The van der Waals surface area contributed by atoms with Gasteiger partial charge in [0.25, 0.3) is 0 Å². The molecule has 0 heterocycles. The Hall–Kier alpha value is -0.850. The molecule has 0 bridgehead atoms. The number of hydrogen-bond donors (Lipinski definition) is 0. The van der Waals surface area contributed by atoms with Gasteiger partial charge in [-0.15, -0.1) is 0 Å². The standard InChI is InChI=1S/C9H12O/c1-3-9(2)6-4-8(10)5-7-9/h4-7H,3H2,1-2H3. The van der Waals surface area contributed by atoms with Crippen molar-refractivity contribution in [2.45, 2.75) is 20.3 Å². The van der Waals surface area contributed by atoms with E-state index in [9.17, 15) is 4.79 Å². The van der Waals surface area contributed by atoms with Crippen molar-refractivity contribution in [2.24, 2.45) is 5.41 Å². The average Bonchev–Trinajstić information content (AvgIpc) is 1.96. The van der Waals surface area contributed by atoms with Crippen LogP contribution in [0.4, 0.5) is 0 Å². The lowest BCUT2D eigenvalue weighted by atomic mass is 9.84. The Morgan fingerprint density at radius 1 is 1.40 bits per heavy atom. The van der Waals surface area contributed by atoms with Crippen LogP contribution in [-0.2, 0) is 4.79 Å². The molecule has 1 nitrogen and oxygen atoms in total. The highest BCUT2D eigenvalue weighted by Crippen LogP contribution is 2.26. The minimum absolute atomic E-state index is 0.103. The molecule has 0 spiro atoms. The van der Waals surface area contributed by atoms with Gasteiger partial charge in [-0.1, -0.05) is 26.0 Å². The summed E-state index contributed by atoms with van der Waals surface area (Å²) in [6, 6.07) is 0. The molecule has 0 aromatic heterocycles. The summed E-state index contributed by atoms with van der Waals surface area (Å²) in [5.74, 6) is 0.103. The minimum atomic E-state index is 0.103. The van der Waals surface area contributed by atoms with E-state index in [4.69, 9.17) is 0 Å². The molecule has 1 rings (SSSR count). The molecule has 1 heteroatoms. The first kappa shape index (κ1) is 7.26. The molecule has 0 radical (unpaired) electrons. The summed E-state index contributed by atoms with van der Waals surface area (Å²) in [4.78, 5) is 10.7. The highest BCUT2D eigenvalue weighted by Gasteiger charge is 2.17. The van der Waals surface area contributed by atoms with E-state index < -0.39 is 0 Å². The normalized spacial score (nSPS) is 21.6. The second kappa shape index (κ2) is 2.41. The van der Waals surface area contributed by atoms with E-state index in [-0.39, 0.29) is 11.2 Å². The third kappa shape index (κ3) is 1.35. The molecule has 0 atom stereocenters. The molecule has 1 aliphatic carbocycles. The zero-order valence-corrected chi connectivity index (χ0v) is 6.42. The Labute approximate surface area is 61.4 Å². The minimum Gasteiger partial charge on any atom is -0.290 e. The maximum absolute atomic E-state index is 10.7. The van der Waals surface area contributed by atoms with Crippen molar-refractivity contribution in [3.8, 4) is 0 Å².